The van der Waals surface area contributed by atoms with Crippen molar-refractivity contribution >= 4 is 28.9 Å². The molecule has 7 nitrogen and oxygen atoms in total. The van der Waals surface area contributed by atoms with Crippen LogP contribution >= 0.6 is 12.2 Å². The van der Waals surface area contributed by atoms with Crippen LogP contribution < -0.4 is 10.6 Å². The number of rotatable bonds is 6. The molecule has 0 radical (unpaired) electrons. The van der Waals surface area contributed by atoms with E-state index < -0.39 is 0 Å². The Labute approximate surface area is 202 Å². The summed E-state index contributed by atoms with van der Waals surface area (Å²) in [6.45, 7) is 0.0789. The van der Waals surface area contributed by atoms with Crippen molar-refractivity contribution in [3.05, 3.63) is 109 Å². The fourth-order valence-electron chi connectivity index (χ4n) is 4.26. The van der Waals surface area contributed by atoms with Crippen LogP contribution in [0.4, 0.5) is 5.69 Å². The van der Waals surface area contributed by atoms with E-state index in [2.05, 4.69) is 15.6 Å². The van der Waals surface area contributed by atoms with Gasteiger partial charge in [0, 0.05) is 29.5 Å². The van der Waals surface area contributed by atoms with Crippen molar-refractivity contribution in [1.82, 2.24) is 19.8 Å². The van der Waals surface area contributed by atoms with Crippen molar-refractivity contribution in [2.24, 2.45) is 0 Å². The molecule has 34 heavy (non-hydrogen) atoms. The number of nitrogens with one attached hydrogen (secondary N) is 2. The van der Waals surface area contributed by atoms with E-state index in [0.29, 0.717) is 5.11 Å². The van der Waals surface area contributed by atoms with Gasteiger partial charge in [-0.15, -0.1) is 0 Å². The number of carbonyl (C=O) groups is 1. The van der Waals surface area contributed by atoms with Crippen LogP contribution in [0.1, 0.15) is 23.5 Å². The molecular formula is C26H23N5O2S. The lowest BCUT2D eigenvalue weighted by Crippen LogP contribution is -2.37. The Morgan fingerprint density at radius 1 is 1.00 bits per heavy atom. The van der Waals surface area contributed by atoms with Gasteiger partial charge in [0.2, 0.25) is 5.91 Å². The molecular weight excluding hydrogens is 446 g/mol. The highest BCUT2D eigenvalue weighted by Gasteiger charge is 2.42. The number of pyridine rings is 1. The summed E-state index contributed by atoms with van der Waals surface area (Å²) >= 11 is 5.69. The number of aromatic nitrogens is 2. The first-order valence-electron chi connectivity index (χ1n) is 10.9. The van der Waals surface area contributed by atoms with Gasteiger partial charge in [-0.2, -0.15) is 0 Å². The lowest BCUT2D eigenvalue weighted by molar-refractivity contribution is -0.116. The minimum Gasteiger partial charge on any atom is -0.508 e. The zero-order valence-electron chi connectivity index (χ0n) is 18.2. The number of hydrogen-bond donors (Lipinski definition) is 3. The summed E-state index contributed by atoms with van der Waals surface area (Å²) in [4.78, 5) is 19.4. The summed E-state index contributed by atoms with van der Waals surface area (Å²) in [6, 6.07) is 25.6. The fraction of sp³-hybridized carbons (Fsp3) is 0.115. The lowest BCUT2D eigenvalue weighted by Gasteiger charge is -2.28. The molecule has 1 amide bonds. The highest BCUT2D eigenvalue weighted by Crippen LogP contribution is 2.39. The van der Waals surface area contributed by atoms with Gasteiger partial charge in [0.25, 0.3) is 0 Å². The van der Waals surface area contributed by atoms with Crippen LogP contribution in [-0.4, -0.2) is 37.1 Å². The summed E-state index contributed by atoms with van der Waals surface area (Å²) in [5.41, 5.74) is 3.40. The number of anilines is 1. The molecule has 0 bridgehead atoms. The summed E-state index contributed by atoms with van der Waals surface area (Å²) < 4.78 is 2.04. The molecule has 0 unspecified atom stereocenters. The molecule has 0 saturated carbocycles. The summed E-state index contributed by atoms with van der Waals surface area (Å²) in [7, 11) is 0. The average molecular weight is 470 g/mol. The number of nitrogens with zero attached hydrogens (tertiary/aromatic N) is 3. The van der Waals surface area contributed by atoms with Gasteiger partial charge in [0.05, 0.1) is 17.8 Å². The fourth-order valence-corrected chi connectivity index (χ4v) is 4.56. The van der Waals surface area contributed by atoms with Gasteiger partial charge >= 0.3 is 0 Å². The van der Waals surface area contributed by atoms with Crippen LogP contribution in [-0.2, 0) is 4.79 Å². The largest absolute Gasteiger partial charge is 0.508 e. The molecule has 3 N–H and O–H groups in total. The molecule has 0 spiro atoms. The van der Waals surface area contributed by atoms with Crippen LogP contribution in [0.3, 0.4) is 0 Å². The van der Waals surface area contributed by atoms with Crippen molar-refractivity contribution in [2.45, 2.75) is 12.1 Å². The predicted molar refractivity (Wildman–Crippen MR) is 135 cm³/mol. The summed E-state index contributed by atoms with van der Waals surface area (Å²) in [5, 5.41) is 16.5. The van der Waals surface area contributed by atoms with E-state index in [4.69, 9.17) is 12.2 Å². The Bertz CT molecular complexity index is 1290. The number of aromatic hydroxyl groups is 1. The van der Waals surface area contributed by atoms with Gasteiger partial charge in [-0.25, -0.2) is 0 Å². The molecule has 3 heterocycles. The third-order valence-corrected chi connectivity index (χ3v) is 6.13. The third kappa shape index (κ3) is 4.35. The number of benzene rings is 2. The number of phenolic OH excluding ortho intramolecular Hbond substituents is 1. The summed E-state index contributed by atoms with van der Waals surface area (Å²) in [6.07, 6.45) is 3.71. The molecule has 4 aromatic rings. The van der Waals surface area contributed by atoms with Gasteiger partial charge in [-0.3, -0.25) is 9.78 Å². The van der Waals surface area contributed by atoms with E-state index >= 15 is 0 Å². The Balaban J connectivity index is 1.51. The number of thiocarbonyl (C=S) groups is 1. The Kier molecular flexibility index (Phi) is 5.97. The molecule has 1 saturated heterocycles. The number of phenols is 1. The highest BCUT2D eigenvalue weighted by molar-refractivity contribution is 7.80. The molecule has 2 atom stereocenters. The van der Waals surface area contributed by atoms with Crippen molar-refractivity contribution in [1.29, 1.82) is 0 Å². The molecule has 8 heteroatoms. The van der Waals surface area contributed by atoms with Gasteiger partial charge in [-0.1, -0.05) is 24.3 Å². The van der Waals surface area contributed by atoms with Crippen LogP contribution in [0.5, 0.6) is 5.75 Å². The minimum atomic E-state index is -0.285. The molecule has 5 rings (SSSR count). The maximum Gasteiger partial charge on any atom is 0.244 e. The zero-order valence-corrected chi connectivity index (χ0v) is 19.0. The molecule has 0 aliphatic carbocycles. The van der Waals surface area contributed by atoms with Gasteiger partial charge in [0.15, 0.2) is 5.11 Å². The number of hydrogen-bond acceptors (Lipinski definition) is 4. The van der Waals surface area contributed by atoms with Crippen molar-refractivity contribution in [3.63, 3.8) is 0 Å². The third-order valence-electron chi connectivity index (χ3n) is 5.78. The van der Waals surface area contributed by atoms with Gasteiger partial charge < -0.3 is 25.2 Å². The van der Waals surface area contributed by atoms with Crippen molar-refractivity contribution in [2.75, 3.05) is 11.9 Å². The average Bonchev–Trinajstić information content (AvgIpc) is 3.45. The normalized spacial score (nSPS) is 17.4. The van der Waals surface area contributed by atoms with E-state index in [1.807, 2.05) is 88.5 Å². The van der Waals surface area contributed by atoms with Crippen LogP contribution in [0.15, 0.2) is 97.3 Å². The minimum absolute atomic E-state index is 0.0789. The lowest BCUT2D eigenvalue weighted by atomic mass is 10.0. The van der Waals surface area contributed by atoms with Crippen molar-refractivity contribution < 1.29 is 9.90 Å². The monoisotopic (exact) mass is 469 g/mol. The van der Waals surface area contributed by atoms with E-state index in [9.17, 15) is 9.90 Å². The first-order chi connectivity index (χ1) is 16.6. The smallest absolute Gasteiger partial charge is 0.244 e. The first-order valence-corrected chi connectivity index (χ1v) is 11.3. The molecule has 1 aliphatic heterocycles. The van der Waals surface area contributed by atoms with Gasteiger partial charge in [-0.05, 0) is 72.9 Å². The molecule has 2 aromatic heterocycles. The van der Waals surface area contributed by atoms with Crippen LogP contribution in [0, 0.1) is 0 Å². The van der Waals surface area contributed by atoms with Crippen LogP contribution in [0.25, 0.3) is 5.69 Å². The quantitative estimate of drug-likeness (QED) is 0.368. The topological polar surface area (TPSA) is 82.4 Å². The zero-order chi connectivity index (χ0) is 23.5. The number of para-hydroxylation sites is 1. The van der Waals surface area contributed by atoms with E-state index in [0.717, 1.165) is 22.8 Å². The summed E-state index contributed by atoms with van der Waals surface area (Å²) in [5.74, 6) is 0.0384. The Hall–Kier alpha value is -4.17. The van der Waals surface area contributed by atoms with Crippen LogP contribution in [0.2, 0.25) is 0 Å². The highest BCUT2D eigenvalue weighted by atomic mass is 32.1. The van der Waals surface area contributed by atoms with E-state index in [1.165, 1.54) is 0 Å². The molecule has 1 fully saturated rings. The molecule has 170 valence electrons. The maximum atomic E-state index is 13.0. The second-order valence-electron chi connectivity index (χ2n) is 7.99. The predicted octanol–water partition coefficient (Wildman–Crippen LogP) is 4.19. The Morgan fingerprint density at radius 2 is 1.76 bits per heavy atom. The Morgan fingerprint density at radius 3 is 2.50 bits per heavy atom. The van der Waals surface area contributed by atoms with Crippen molar-refractivity contribution in [3.8, 4) is 11.4 Å². The SMILES string of the molecule is O=C(CN1C(=S)N[C@H](c2ccccn2)[C@H]1c1cccn1-c1ccc(O)cc1)Nc1ccccc1. The standard InChI is InChI=1S/C26H23N5O2S/c32-20-13-11-19(12-14-20)30-16-6-10-22(30)25-24(21-9-4-5-15-27-21)29-26(34)31(25)17-23(33)28-18-7-2-1-3-8-18/h1-16,24-25,32H,17H2,(H,28,33)(H,29,34)/t24-,25-/m1/s1. The maximum absolute atomic E-state index is 13.0. The first kappa shape index (κ1) is 21.7. The second kappa shape index (κ2) is 9.36. The van der Waals surface area contributed by atoms with E-state index in [1.54, 1.807) is 18.3 Å². The molecule has 2 aromatic carbocycles. The number of carbonyl (C=O) groups excluding carboxylic acids is 1. The number of amides is 1. The van der Waals surface area contributed by atoms with E-state index in [-0.39, 0.29) is 30.3 Å². The second-order valence-corrected chi connectivity index (χ2v) is 8.37. The van der Waals surface area contributed by atoms with Gasteiger partial charge in [0.1, 0.15) is 12.3 Å². The molecule has 1 aliphatic rings.